The minimum absolute atomic E-state index is 0.160. The highest BCUT2D eigenvalue weighted by molar-refractivity contribution is 5.90. The Bertz CT molecular complexity index is 1300. The summed E-state index contributed by atoms with van der Waals surface area (Å²) in [5, 5.41) is 11.1. The lowest BCUT2D eigenvalue weighted by molar-refractivity contribution is -0.384. The van der Waals surface area contributed by atoms with Gasteiger partial charge in [-0.2, -0.15) is 0 Å². The monoisotopic (exact) mass is 625 g/mol. The molecule has 1 aromatic rings. The van der Waals surface area contributed by atoms with E-state index in [-0.39, 0.29) is 17.9 Å². The van der Waals surface area contributed by atoms with E-state index in [1.54, 1.807) is 0 Å². The van der Waals surface area contributed by atoms with Gasteiger partial charge in [-0.1, -0.05) is 6.08 Å². The van der Waals surface area contributed by atoms with Crippen LogP contribution in [-0.4, -0.2) is 97.4 Å². The van der Waals surface area contributed by atoms with Crippen LogP contribution in [0.3, 0.4) is 0 Å². The van der Waals surface area contributed by atoms with Crippen LogP contribution < -0.4 is 0 Å². The lowest BCUT2D eigenvalue weighted by Crippen LogP contribution is -2.70. The van der Waals surface area contributed by atoms with Gasteiger partial charge in [0.1, 0.15) is 12.7 Å². The summed E-state index contributed by atoms with van der Waals surface area (Å²) in [6.45, 7) is 7.11. The summed E-state index contributed by atoms with van der Waals surface area (Å²) in [7, 11) is 0.995. The van der Waals surface area contributed by atoms with Crippen LogP contribution in [0.2, 0.25) is 0 Å². The van der Waals surface area contributed by atoms with E-state index >= 15 is 0 Å². The van der Waals surface area contributed by atoms with Crippen LogP contribution in [0.1, 0.15) is 38.1 Å². The first kappa shape index (κ1) is 34.0. The first-order valence-electron chi connectivity index (χ1n) is 13.0. The Hall–Kier alpha value is -4.45. The maximum atomic E-state index is 13.4. The molecule has 3 rings (SSSR count). The van der Waals surface area contributed by atoms with Crippen LogP contribution in [0.4, 0.5) is 5.69 Å². The van der Waals surface area contributed by atoms with Crippen LogP contribution >= 0.6 is 0 Å². The summed E-state index contributed by atoms with van der Waals surface area (Å²) >= 11 is 0. The molecule has 0 saturated carbocycles. The van der Waals surface area contributed by atoms with Gasteiger partial charge in [0.25, 0.3) is 11.7 Å². The topological polar surface area (TPSA) is 212 Å². The van der Waals surface area contributed by atoms with Crippen LogP contribution in [0, 0.1) is 10.1 Å². The number of fused-ring (bicyclic) bond motifs is 1. The van der Waals surface area contributed by atoms with Crippen molar-refractivity contribution in [3.8, 4) is 0 Å². The molecule has 2 fully saturated rings. The molecule has 0 N–H and O–H groups in total. The van der Waals surface area contributed by atoms with Gasteiger partial charge in [0.2, 0.25) is 0 Å². The Morgan fingerprint density at radius 1 is 1.02 bits per heavy atom. The number of carbonyl (C=O) groups excluding carboxylic acids is 5. The van der Waals surface area contributed by atoms with Crippen molar-refractivity contribution >= 4 is 35.5 Å². The smallest absolute Gasteiger partial charge is 0.369 e. The van der Waals surface area contributed by atoms with Crippen molar-refractivity contribution in [2.24, 2.45) is 0 Å². The van der Waals surface area contributed by atoms with Gasteiger partial charge >= 0.3 is 35.6 Å². The Labute approximate surface area is 250 Å². The van der Waals surface area contributed by atoms with Gasteiger partial charge in [0, 0.05) is 39.8 Å². The zero-order chi connectivity index (χ0) is 32.8. The zero-order valence-corrected chi connectivity index (χ0v) is 24.4. The molecule has 17 heteroatoms. The molecular formula is C27H31NO16. The van der Waals surface area contributed by atoms with Gasteiger partial charge in [-0.25, -0.2) is 9.59 Å². The Kier molecular flexibility index (Phi) is 10.7. The van der Waals surface area contributed by atoms with Crippen LogP contribution in [0.15, 0.2) is 36.9 Å². The second-order valence-electron chi connectivity index (χ2n) is 9.54. The molecule has 0 aliphatic carbocycles. The van der Waals surface area contributed by atoms with E-state index in [4.69, 9.17) is 42.6 Å². The quantitative estimate of drug-likeness (QED) is 0.105. The molecule has 0 amide bonds. The summed E-state index contributed by atoms with van der Waals surface area (Å²) in [4.78, 5) is 73.2. The van der Waals surface area contributed by atoms with E-state index < -0.39 is 83.7 Å². The van der Waals surface area contributed by atoms with Crippen molar-refractivity contribution < 1.29 is 71.5 Å². The first-order chi connectivity index (χ1) is 20.7. The summed E-state index contributed by atoms with van der Waals surface area (Å²) in [6, 6.07) is 4.32. The molecular weight excluding hydrogens is 594 g/mol. The molecule has 1 aromatic carbocycles. The molecule has 2 aliphatic rings. The summed E-state index contributed by atoms with van der Waals surface area (Å²) < 4.78 is 49.9. The van der Waals surface area contributed by atoms with E-state index in [9.17, 15) is 34.1 Å². The third-order valence-corrected chi connectivity index (χ3v) is 6.24. The molecule has 7 atom stereocenters. The van der Waals surface area contributed by atoms with E-state index in [1.165, 1.54) is 13.0 Å². The van der Waals surface area contributed by atoms with Gasteiger partial charge in [0.05, 0.1) is 24.2 Å². The van der Waals surface area contributed by atoms with Gasteiger partial charge in [0.15, 0.2) is 24.4 Å². The highest BCUT2D eigenvalue weighted by Crippen LogP contribution is 2.48. The molecule has 0 aromatic heterocycles. The summed E-state index contributed by atoms with van der Waals surface area (Å²) in [6.07, 6.45) is -7.21. The van der Waals surface area contributed by atoms with Gasteiger partial charge in [-0.15, -0.1) is 6.58 Å². The first-order valence-corrected chi connectivity index (χ1v) is 13.0. The number of hydrogen-bond donors (Lipinski definition) is 0. The number of benzene rings is 1. The molecule has 2 aliphatic heterocycles. The van der Waals surface area contributed by atoms with Crippen molar-refractivity contribution in [1.29, 1.82) is 0 Å². The Balaban J connectivity index is 2.19. The van der Waals surface area contributed by atoms with Gasteiger partial charge in [-0.3, -0.25) is 29.2 Å². The molecule has 0 spiro atoms. The average Bonchev–Trinajstić information content (AvgIpc) is 3.27. The fourth-order valence-electron chi connectivity index (χ4n) is 4.55. The van der Waals surface area contributed by atoms with Crippen LogP contribution in [0.25, 0.3) is 0 Å². The van der Waals surface area contributed by atoms with Gasteiger partial charge in [-0.05, 0) is 12.1 Å². The fourth-order valence-corrected chi connectivity index (χ4v) is 4.55. The molecule has 2 saturated heterocycles. The van der Waals surface area contributed by atoms with Crippen molar-refractivity contribution in [2.45, 2.75) is 70.0 Å². The predicted octanol–water partition coefficient (Wildman–Crippen LogP) is 1.11. The maximum Gasteiger partial charge on any atom is 0.369 e. The number of methoxy groups -OCH3 is 1. The number of nitro benzene ring substituents is 1. The lowest BCUT2D eigenvalue weighted by Gasteiger charge is -2.47. The number of ether oxygens (including phenoxy) is 9. The molecule has 0 radical (unpaired) electrons. The lowest BCUT2D eigenvalue weighted by atomic mass is 9.89. The van der Waals surface area contributed by atoms with Crippen molar-refractivity contribution in [2.75, 3.05) is 20.3 Å². The van der Waals surface area contributed by atoms with Crippen molar-refractivity contribution in [1.82, 2.24) is 0 Å². The van der Waals surface area contributed by atoms with E-state index in [0.717, 1.165) is 52.1 Å². The molecule has 44 heavy (non-hydrogen) atoms. The van der Waals surface area contributed by atoms with Gasteiger partial charge < -0.3 is 37.9 Å². The molecule has 240 valence electrons. The number of esters is 5. The van der Waals surface area contributed by atoms with E-state index in [1.807, 2.05) is 0 Å². The molecule has 0 unspecified atom stereocenters. The highest BCUT2D eigenvalue weighted by atomic mass is 17.0. The number of nitrogens with zero attached hydrogens (tertiary/aromatic N) is 1. The zero-order valence-electron chi connectivity index (χ0n) is 24.4. The third-order valence-electron chi connectivity index (χ3n) is 6.24. The highest BCUT2D eigenvalue weighted by Gasteiger charge is 2.73. The number of non-ortho nitro benzene ring substituents is 1. The van der Waals surface area contributed by atoms with Crippen LogP contribution in [0.5, 0.6) is 0 Å². The largest absolute Gasteiger partial charge is 0.465 e. The van der Waals surface area contributed by atoms with E-state index in [0.29, 0.717) is 0 Å². The second kappa shape index (κ2) is 13.9. The standard InChI is InChI=1S/C27H31NO16/c1-7-12-38-26(5)43-23-22(41-24(32)17-8-10-18(11-9-17)28(34)35)21(40-16(4)31)20(42-27(23,44-26)25(33)36-6)19(39-15(3)30)13-37-14(2)29/h7-11,19-23H,1,12-13H2,2-6H3/t19-,20-,21+,22+,23+,26-,27-/m1/s1. The van der Waals surface area contributed by atoms with Crippen molar-refractivity contribution in [3.05, 3.63) is 52.6 Å². The molecule has 17 nitrogen and oxygen atoms in total. The normalized spacial score (nSPS) is 28.0. The average molecular weight is 626 g/mol. The number of nitro groups is 1. The minimum Gasteiger partial charge on any atom is -0.465 e. The SMILES string of the molecule is C=CCO[C@]1(C)O[C@H]2[C@@H](OC(=O)c3ccc([N+](=O)[O-])cc3)[C@@H](OC(C)=O)[C@@H]([C@@H](COC(C)=O)OC(C)=O)O[C@@]2(C(=O)OC)O1. The number of rotatable bonds is 12. The minimum atomic E-state index is -2.61. The van der Waals surface area contributed by atoms with Crippen molar-refractivity contribution in [3.63, 3.8) is 0 Å². The Morgan fingerprint density at radius 3 is 2.20 bits per heavy atom. The number of carbonyl (C=O) groups is 5. The molecule has 2 heterocycles. The molecule has 0 bridgehead atoms. The second-order valence-corrected chi connectivity index (χ2v) is 9.54. The van der Waals surface area contributed by atoms with Crippen LogP contribution in [-0.2, 0) is 61.8 Å². The predicted molar refractivity (Wildman–Crippen MR) is 140 cm³/mol. The number of hydrogen-bond acceptors (Lipinski definition) is 16. The summed E-state index contributed by atoms with van der Waals surface area (Å²) in [5.41, 5.74) is -0.488. The maximum absolute atomic E-state index is 13.4. The summed E-state index contributed by atoms with van der Waals surface area (Å²) in [5.74, 6) is -9.60. The third kappa shape index (κ3) is 7.54. The fraction of sp³-hybridized carbons (Fsp3) is 0.519. The Morgan fingerprint density at radius 2 is 1.68 bits per heavy atom. The van der Waals surface area contributed by atoms with E-state index in [2.05, 4.69) is 6.58 Å².